The van der Waals surface area contributed by atoms with Crippen molar-refractivity contribution in [3.8, 4) is 0 Å². The van der Waals surface area contributed by atoms with Crippen molar-refractivity contribution in [2.24, 2.45) is 5.92 Å². The minimum absolute atomic E-state index is 0.0164. The first-order valence-electron chi connectivity index (χ1n) is 6.42. The Bertz CT molecular complexity index is 435. The molecule has 3 N–H and O–H groups in total. The summed E-state index contributed by atoms with van der Waals surface area (Å²) >= 11 is 5.82. The molecule has 0 bridgehead atoms. The van der Waals surface area contributed by atoms with Crippen molar-refractivity contribution < 1.29 is 4.79 Å². The Labute approximate surface area is 119 Å². The lowest BCUT2D eigenvalue weighted by Gasteiger charge is -2.18. The molecule has 1 aromatic rings. The SMILES string of the molecule is CC(C)CN(C)CCC(=O)Nc1ccc(Cl)c(N)c1. The molecule has 0 aliphatic heterocycles. The first-order chi connectivity index (χ1) is 8.88. The van der Waals surface area contributed by atoms with Gasteiger partial charge in [-0.05, 0) is 31.2 Å². The van der Waals surface area contributed by atoms with Gasteiger partial charge in [-0.25, -0.2) is 0 Å². The van der Waals surface area contributed by atoms with Gasteiger partial charge in [-0.3, -0.25) is 4.79 Å². The number of nitrogens with two attached hydrogens (primary N) is 1. The Morgan fingerprint density at radius 3 is 2.74 bits per heavy atom. The second-order valence-electron chi connectivity index (χ2n) is 5.19. The van der Waals surface area contributed by atoms with Gasteiger partial charge in [0.15, 0.2) is 0 Å². The zero-order valence-corrected chi connectivity index (χ0v) is 12.5. The number of halogens is 1. The highest BCUT2D eigenvalue weighted by molar-refractivity contribution is 6.33. The van der Waals surface area contributed by atoms with Gasteiger partial charge < -0.3 is 16.0 Å². The second kappa shape index (κ2) is 7.36. The summed E-state index contributed by atoms with van der Waals surface area (Å²) in [6.45, 7) is 6.05. The number of hydrogen-bond donors (Lipinski definition) is 2. The molecule has 0 radical (unpaired) electrons. The molecule has 0 aromatic heterocycles. The second-order valence-corrected chi connectivity index (χ2v) is 5.60. The number of carbonyl (C=O) groups is 1. The maximum atomic E-state index is 11.8. The highest BCUT2D eigenvalue weighted by Crippen LogP contribution is 2.22. The summed E-state index contributed by atoms with van der Waals surface area (Å²) in [5.41, 5.74) is 6.83. The molecule has 0 saturated carbocycles. The van der Waals surface area contributed by atoms with Gasteiger partial charge in [-0.15, -0.1) is 0 Å². The van der Waals surface area contributed by atoms with Gasteiger partial charge in [0.05, 0.1) is 10.7 Å². The predicted molar refractivity (Wildman–Crippen MR) is 81.4 cm³/mol. The molecule has 106 valence electrons. The minimum atomic E-state index is -0.0164. The Morgan fingerprint density at radius 1 is 1.47 bits per heavy atom. The highest BCUT2D eigenvalue weighted by atomic mass is 35.5. The van der Waals surface area contributed by atoms with Crippen LogP contribution in [-0.4, -0.2) is 30.9 Å². The molecule has 19 heavy (non-hydrogen) atoms. The number of nitrogens with one attached hydrogen (secondary N) is 1. The summed E-state index contributed by atoms with van der Waals surface area (Å²) in [5.74, 6) is 0.585. The molecular formula is C14H22ClN3O. The molecule has 4 nitrogen and oxygen atoms in total. The fourth-order valence-corrected chi connectivity index (χ4v) is 1.97. The first kappa shape index (κ1) is 15.8. The predicted octanol–water partition coefficient (Wildman–Crippen LogP) is 2.84. The van der Waals surface area contributed by atoms with Crippen molar-refractivity contribution in [2.45, 2.75) is 20.3 Å². The first-order valence-corrected chi connectivity index (χ1v) is 6.79. The Balaban J connectivity index is 2.40. The van der Waals surface area contributed by atoms with Gasteiger partial charge in [0, 0.05) is 25.2 Å². The van der Waals surface area contributed by atoms with Crippen LogP contribution >= 0.6 is 11.6 Å². The molecule has 0 atom stereocenters. The Kier molecular flexibility index (Phi) is 6.12. The van der Waals surface area contributed by atoms with Gasteiger partial charge in [-0.1, -0.05) is 25.4 Å². The maximum Gasteiger partial charge on any atom is 0.225 e. The molecule has 0 spiro atoms. The average molecular weight is 284 g/mol. The number of nitrogen functional groups attached to an aromatic ring is 1. The molecule has 0 fully saturated rings. The van der Waals surface area contributed by atoms with Crippen molar-refractivity contribution >= 4 is 28.9 Å². The summed E-state index contributed by atoms with van der Waals surface area (Å²) < 4.78 is 0. The van der Waals surface area contributed by atoms with Crippen molar-refractivity contribution in [3.05, 3.63) is 23.2 Å². The van der Waals surface area contributed by atoms with E-state index >= 15 is 0 Å². The van der Waals surface area contributed by atoms with E-state index in [2.05, 4.69) is 24.1 Å². The van der Waals surface area contributed by atoms with E-state index in [0.717, 1.165) is 13.1 Å². The van der Waals surface area contributed by atoms with Crippen LogP contribution < -0.4 is 11.1 Å². The van der Waals surface area contributed by atoms with Gasteiger partial charge in [-0.2, -0.15) is 0 Å². The number of amides is 1. The summed E-state index contributed by atoms with van der Waals surface area (Å²) in [4.78, 5) is 13.9. The van der Waals surface area contributed by atoms with E-state index in [4.69, 9.17) is 17.3 Å². The molecule has 5 heteroatoms. The topological polar surface area (TPSA) is 58.4 Å². The number of hydrogen-bond acceptors (Lipinski definition) is 3. The monoisotopic (exact) mass is 283 g/mol. The molecule has 0 aliphatic carbocycles. The smallest absolute Gasteiger partial charge is 0.225 e. The summed E-state index contributed by atoms with van der Waals surface area (Å²) in [7, 11) is 2.02. The summed E-state index contributed by atoms with van der Waals surface area (Å²) in [6, 6.07) is 5.09. The van der Waals surface area contributed by atoms with E-state index in [0.29, 0.717) is 28.7 Å². The number of carbonyl (C=O) groups excluding carboxylic acids is 1. The molecule has 0 saturated heterocycles. The normalized spacial score (nSPS) is 11.1. The maximum absolute atomic E-state index is 11.8. The third-order valence-corrected chi connectivity index (χ3v) is 3.02. The van der Waals surface area contributed by atoms with E-state index in [1.165, 1.54) is 0 Å². The zero-order chi connectivity index (χ0) is 14.4. The number of benzene rings is 1. The fraction of sp³-hybridized carbons (Fsp3) is 0.500. The van der Waals surface area contributed by atoms with E-state index in [-0.39, 0.29) is 5.91 Å². The van der Waals surface area contributed by atoms with Crippen LogP contribution in [0, 0.1) is 5.92 Å². The van der Waals surface area contributed by atoms with Crippen molar-refractivity contribution in [2.75, 3.05) is 31.2 Å². The molecule has 0 heterocycles. The molecule has 1 aromatic carbocycles. The van der Waals surface area contributed by atoms with Crippen LogP contribution in [0.2, 0.25) is 5.02 Å². The van der Waals surface area contributed by atoms with Gasteiger partial charge in [0.1, 0.15) is 0 Å². The summed E-state index contributed by atoms with van der Waals surface area (Å²) in [6.07, 6.45) is 0.464. The highest BCUT2D eigenvalue weighted by Gasteiger charge is 2.07. The van der Waals surface area contributed by atoms with Crippen molar-refractivity contribution in [3.63, 3.8) is 0 Å². The van der Waals surface area contributed by atoms with Crippen LogP contribution in [0.1, 0.15) is 20.3 Å². The van der Waals surface area contributed by atoms with Gasteiger partial charge in [0.25, 0.3) is 0 Å². The van der Waals surface area contributed by atoms with Crippen LogP contribution in [-0.2, 0) is 4.79 Å². The number of nitrogens with zero attached hydrogens (tertiary/aromatic N) is 1. The molecule has 1 amide bonds. The van der Waals surface area contributed by atoms with E-state index in [9.17, 15) is 4.79 Å². The van der Waals surface area contributed by atoms with Crippen LogP contribution in [0.25, 0.3) is 0 Å². The van der Waals surface area contributed by atoms with Crippen LogP contribution in [0.4, 0.5) is 11.4 Å². The van der Waals surface area contributed by atoms with E-state index < -0.39 is 0 Å². The lowest BCUT2D eigenvalue weighted by atomic mass is 10.2. The minimum Gasteiger partial charge on any atom is -0.397 e. The number of anilines is 2. The van der Waals surface area contributed by atoms with Crippen molar-refractivity contribution in [1.82, 2.24) is 4.90 Å². The zero-order valence-electron chi connectivity index (χ0n) is 11.7. The molecule has 0 unspecified atom stereocenters. The largest absolute Gasteiger partial charge is 0.397 e. The van der Waals surface area contributed by atoms with Crippen molar-refractivity contribution in [1.29, 1.82) is 0 Å². The van der Waals surface area contributed by atoms with Gasteiger partial charge >= 0.3 is 0 Å². The number of rotatable bonds is 6. The van der Waals surface area contributed by atoms with E-state index in [1.54, 1.807) is 18.2 Å². The summed E-state index contributed by atoms with van der Waals surface area (Å²) in [5, 5.41) is 3.31. The quantitative estimate of drug-likeness (QED) is 0.789. The van der Waals surface area contributed by atoms with Crippen LogP contribution in [0.3, 0.4) is 0 Å². The third kappa shape index (κ3) is 5.94. The molecule has 1 rings (SSSR count). The van der Waals surface area contributed by atoms with Gasteiger partial charge in [0.2, 0.25) is 5.91 Å². The van der Waals surface area contributed by atoms with Crippen LogP contribution in [0.15, 0.2) is 18.2 Å². The lowest BCUT2D eigenvalue weighted by Crippen LogP contribution is -2.27. The molecule has 0 aliphatic rings. The molecular weight excluding hydrogens is 262 g/mol. The Hall–Kier alpha value is -1.26. The van der Waals surface area contributed by atoms with E-state index in [1.807, 2.05) is 7.05 Å². The standard InChI is InChI=1S/C14H22ClN3O/c1-10(2)9-18(3)7-6-14(19)17-11-4-5-12(15)13(16)8-11/h4-5,8,10H,6-7,9,16H2,1-3H3,(H,17,19). The third-order valence-electron chi connectivity index (χ3n) is 2.68. The lowest BCUT2D eigenvalue weighted by molar-refractivity contribution is -0.116. The average Bonchev–Trinajstić information content (AvgIpc) is 2.30. The fourth-order valence-electron chi connectivity index (χ4n) is 1.85. The van der Waals surface area contributed by atoms with Crippen LogP contribution in [0.5, 0.6) is 0 Å². The Morgan fingerprint density at radius 2 is 2.16 bits per heavy atom.